The lowest BCUT2D eigenvalue weighted by atomic mass is 9.99. The monoisotopic (exact) mass is 226 g/mol. The van der Waals surface area contributed by atoms with Gasteiger partial charge in [-0.3, -0.25) is 4.68 Å². The van der Waals surface area contributed by atoms with Crippen LogP contribution < -0.4 is 4.74 Å². The molecule has 2 unspecified atom stereocenters. The van der Waals surface area contributed by atoms with E-state index in [9.17, 15) is 5.11 Å². The van der Waals surface area contributed by atoms with Gasteiger partial charge in [-0.25, -0.2) is 0 Å². The van der Waals surface area contributed by atoms with Gasteiger partial charge in [0.25, 0.3) is 0 Å². The average Bonchev–Trinajstić information content (AvgIpc) is 2.70. The molecule has 0 amide bonds. The fourth-order valence-corrected chi connectivity index (χ4v) is 1.72. The molecule has 0 aliphatic carbocycles. The zero-order chi connectivity index (χ0) is 12.1. The molecule has 0 aromatic carbocycles. The third kappa shape index (κ3) is 2.55. The molecule has 4 heteroatoms. The number of aryl methyl sites for hydroxylation is 1. The summed E-state index contributed by atoms with van der Waals surface area (Å²) in [5, 5.41) is 14.5. The van der Waals surface area contributed by atoms with E-state index in [1.807, 2.05) is 11.6 Å². The van der Waals surface area contributed by atoms with Crippen molar-refractivity contribution >= 4 is 0 Å². The molecular formula is C12H22N2O2. The molecule has 0 aliphatic heterocycles. The summed E-state index contributed by atoms with van der Waals surface area (Å²) in [5.41, 5.74) is 0.804. The highest BCUT2D eigenvalue weighted by atomic mass is 16.5. The Morgan fingerprint density at radius 3 is 2.69 bits per heavy atom. The standard InChI is InChI=1S/C12H22N2O2/c1-5-7-14-11(10(16-4)8-13-14)12(15)9(3)6-2/h8-9,12,15H,5-7H2,1-4H3. The van der Waals surface area contributed by atoms with Crippen molar-refractivity contribution < 1.29 is 9.84 Å². The summed E-state index contributed by atoms with van der Waals surface area (Å²) >= 11 is 0. The van der Waals surface area contributed by atoms with Crippen LogP contribution in [0.15, 0.2) is 6.20 Å². The minimum Gasteiger partial charge on any atom is -0.493 e. The van der Waals surface area contributed by atoms with Gasteiger partial charge in [-0.15, -0.1) is 0 Å². The van der Waals surface area contributed by atoms with Crippen LogP contribution in [0.4, 0.5) is 0 Å². The predicted molar refractivity (Wildman–Crippen MR) is 63.5 cm³/mol. The third-order valence-electron chi connectivity index (χ3n) is 2.96. The smallest absolute Gasteiger partial charge is 0.162 e. The Labute approximate surface area is 97.2 Å². The molecule has 2 atom stereocenters. The molecule has 0 spiro atoms. The number of aromatic nitrogens is 2. The Hall–Kier alpha value is -1.03. The highest BCUT2D eigenvalue weighted by Crippen LogP contribution is 2.31. The summed E-state index contributed by atoms with van der Waals surface area (Å²) in [6.45, 7) is 7.01. The molecule has 1 aromatic rings. The van der Waals surface area contributed by atoms with E-state index in [4.69, 9.17) is 4.74 Å². The van der Waals surface area contributed by atoms with E-state index in [2.05, 4.69) is 18.9 Å². The topological polar surface area (TPSA) is 47.3 Å². The number of hydrogen-bond donors (Lipinski definition) is 1. The Morgan fingerprint density at radius 2 is 2.19 bits per heavy atom. The molecule has 1 rings (SSSR count). The quantitative estimate of drug-likeness (QED) is 0.810. The molecule has 1 aromatic heterocycles. The number of aliphatic hydroxyl groups excluding tert-OH is 1. The highest BCUT2D eigenvalue weighted by Gasteiger charge is 2.23. The Balaban J connectivity index is 3.01. The molecule has 0 aliphatic rings. The molecule has 0 saturated heterocycles. The summed E-state index contributed by atoms with van der Waals surface area (Å²) < 4.78 is 7.09. The zero-order valence-electron chi connectivity index (χ0n) is 10.6. The largest absolute Gasteiger partial charge is 0.493 e. The van der Waals surface area contributed by atoms with Gasteiger partial charge in [-0.1, -0.05) is 27.2 Å². The van der Waals surface area contributed by atoms with Gasteiger partial charge >= 0.3 is 0 Å². The van der Waals surface area contributed by atoms with Crippen molar-refractivity contribution in [3.8, 4) is 5.75 Å². The fourth-order valence-electron chi connectivity index (χ4n) is 1.72. The van der Waals surface area contributed by atoms with Crippen LogP contribution in [0, 0.1) is 5.92 Å². The van der Waals surface area contributed by atoms with Crippen molar-refractivity contribution in [2.75, 3.05) is 7.11 Å². The first-order valence-corrected chi connectivity index (χ1v) is 5.93. The maximum absolute atomic E-state index is 10.3. The first-order valence-electron chi connectivity index (χ1n) is 5.93. The maximum Gasteiger partial charge on any atom is 0.162 e. The van der Waals surface area contributed by atoms with Crippen molar-refractivity contribution in [1.29, 1.82) is 0 Å². The molecule has 0 fully saturated rings. The third-order valence-corrected chi connectivity index (χ3v) is 2.96. The molecule has 92 valence electrons. The molecule has 0 radical (unpaired) electrons. The summed E-state index contributed by atoms with van der Waals surface area (Å²) in [7, 11) is 1.61. The highest BCUT2D eigenvalue weighted by molar-refractivity contribution is 5.27. The van der Waals surface area contributed by atoms with Crippen LogP contribution >= 0.6 is 0 Å². The predicted octanol–water partition coefficient (Wildman–Crippen LogP) is 2.38. The summed E-state index contributed by atoms with van der Waals surface area (Å²) in [4.78, 5) is 0. The van der Waals surface area contributed by atoms with Gasteiger partial charge in [0, 0.05) is 6.54 Å². The second kappa shape index (κ2) is 5.89. The molecule has 1 N–H and O–H groups in total. The number of methoxy groups -OCH3 is 1. The van der Waals surface area contributed by atoms with E-state index in [-0.39, 0.29) is 5.92 Å². The van der Waals surface area contributed by atoms with Crippen molar-refractivity contribution in [1.82, 2.24) is 9.78 Å². The molecule has 0 bridgehead atoms. The van der Waals surface area contributed by atoms with E-state index >= 15 is 0 Å². The Morgan fingerprint density at radius 1 is 1.50 bits per heavy atom. The number of hydrogen-bond acceptors (Lipinski definition) is 3. The maximum atomic E-state index is 10.3. The van der Waals surface area contributed by atoms with Crippen LogP contribution in [-0.2, 0) is 6.54 Å². The average molecular weight is 226 g/mol. The van der Waals surface area contributed by atoms with Gasteiger partial charge < -0.3 is 9.84 Å². The lowest BCUT2D eigenvalue weighted by Gasteiger charge is -2.19. The lowest BCUT2D eigenvalue weighted by molar-refractivity contribution is 0.103. The second-order valence-electron chi connectivity index (χ2n) is 4.15. The zero-order valence-corrected chi connectivity index (χ0v) is 10.6. The molecule has 1 heterocycles. The Bertz CT molecular complexity index is 323. The van der Waals surface area contributed by atoms with Gasteiger partial charge in [0.2, 0.25) is 0 Å². The molecular weight excluding hydrogens is 204 g/mol. The minimum atomic E-state index is -0.506. The van der Waals surface area contributed by atoms with E-state index < -0.39 is 6.10 Å². The van der Waals surface area contributed by atoms with Crippen LogP contribution in [0.2, 0.25) is 0 Å². The van der Waals surface area contributed by atoms with E-state index in [1.165, 1.54) is 0 Å². The fraction of sp³-hybridized carbons (Fsp3) is 0.750. The van der Waals surface area contributed by atoms with Crippen molar-refractivity contribution in [3.63, 3.8) is 0 Å². The minimum absolute atomic E-state index is 0.209. The van der Waals surface area contributed by atoms with Gasteiger partial charge in [0.1, 0.15) is 11.8 Å². The van der Waals surface area contributed by atoms with Crippen LogP contribution in [0.5, 0.6) is 5.75 Å². The van der Waals surface area contributed by atoms with E-state index in [0.717, 1.165) is 25.1 Å². The van der Waals surface area contributed by atoms with Crippen LogP contribution in [0.1, 0.15) is 45.4 Å². The molecule has 4 nitrogen and oxygen atoms in total. The lowest BCUT2D eigenvalue weighted by Crippen LogP contribution is -2.15. The number of nitrogens with zero attached hydrogens (tertiary/aromatic N) is 2. The van der Waals surface area contributed by atoms with Crippen LogP contribution in [-0.4, -0.2) is 22.0 Å². The Kier molecular flexibility index (Phi) is 4.80. The summed E-state index contributed by atoms with van der Waals surface area (Å²) in [6, 6.07) is 0. The van der Waals surface area contributed by atoms with E-state index in [0.29, 0.717) is 5.75 Å². The van der Waals surface area contributed by atoms with Gasteiger partial charge in [0.05, 0.1) is 13.3 Å². The van der Waals surface area contributed by atoms with Crippen molar-refractivity contribution in [2.24, 2.45) is 5.92 Å². The van der Waals surface area contributed by atoms with Gasteiger partial charge in [-0.2, -0.15) is 5.10 Å². The number of aliphatic hydroxyl groups is 1. The van der Waals surface area contributed by atoms with Crippen LogP contribution in [0.3, 0.4) is 0 Å². The summed E-state index contributed by atoms with van der Waals surface area (Å²) in [5.74, 6) is 0.891. The van der Waals surface area contributed by atoms with Crippen LogP contribution in [0.25, 0.3) is 0 Å². The molecule has 0 saturated carbocycles. The molecule has 16 heavy (non-hydrogen) atoms. The first kappa shape index (κ1) is 13.0. The van der Waals surface area contributed by atoms with Crippen molar-refractivity contribution in [3.05, 3.63) is 11.9 Å². The number of ether oxygens (including phenoxy) is 1. The number of rotatable bonds is 6. The summed E-state index contributed by atoms with van der Waals surface area (Å²) in [6.07, 6.45) is 3.09. The van der Waals surface area contributed by atoms with Crippen molar-refractivity contribution in [2.45, 2.75) is 46.3 Å². The SMILES string of the molecule is CCCn1ncc(OC)c1C(O)C(C)CC. The van der Waals surface area contributed by atoms with E-state index in [1.54, 1.807) is 13.3 Å². The van der Waals surface area contributed by atoms with Gasteiger partial charge in [0.15, 0.2) is 5.75 Å². The van der Waals surface area contributed by atoms with Gasteiger partial charge in [-0.05, 0) is 12.3 Å². The first-order chi connectivity index (χ1) is 7.65. The normalized spacial score (nSPS) is 14.8. The second-order valence-corrected chi connectivity index (χ2v) is 4.15.